The van der Waals surface area contributed by atoms with Gasteiger partial charge in [-0.1, -0.05) is 0 Å². The topological polar surface area (TPSA) is 129 Å². The molecule has 82 valence electrons. The van der Waals surface area contributed by atoms with Gasteiger partial charge in [0, 0.05) is 13.0 Å². The number of aromatic nitrogens is 3. The second-order valence-electron chi connectivity index (χ2n) is 2.87. The van der Waals surface area contributed by atoms with Gasteiger partial charge in [0.15, 0.2) is 0 Å². The number of nitrogen functional groups attached to an aromatic ring is 1. The van der Waals surface area contributed by atoms with Gasteiger partial charge in [-0.05, 0) is 0 Å². The first-order valence-electron chi connectivity index (χ1n) is 4.28. The van der Waals surface area contributed by atoms with Crippen molar-refractivity contribution in [2.45, 2.75) is 13.0 Å². The molecule has 0 saturated heterocycles. The lowest BCUT2D eigenvalue weighted by molar-refractivity contribution is -0.122. The number of rotatable bonds is 5. The molecule has 0 atom stereocenters. The maximum atomic E-state index is 11.2. The highest BCUT2D eigenvalue weighted by atomic mass is 16.2. The van der Waals surface area contributed by atoms with Crippen molar-refractivity contribution in [3.8, 4) is 0 Å². The molecular formula is C7H12N6O2. The zero-order valence-corrected chi connectivity index (χ0v) is 8.01. The molecule has 0 saturated carbocycles. The predicted molar refractivity (Wildman–Crippen MR) is 51.3 cm³/mol. The minimum Gasteiger partial charge on any atom is -0.370 e. The fourth-order valence-corrected chi connectivity index (χ4v) is 0.913. The molecule has 2 amide bonds. The molecule has 1 aromatic rings. The van der Waals surface area contributed by atoms with Gasteiger partial charge in [-0.25, -0.2) is 9.67 Å². The predicted octanol–water partition coefficient (Wildman–Crippen LogP) is -2.15. The van der Waals surface area contributed by atoms with Crippen molar-refractivity contribution in [3.63, 3.8) is 0 Å². The molecule has 8 heteroatoms. The lowest BCUT2D eigenvalue weighted by Crippen LogP contribution is -2.30. The van der Waals surface area contributed by atoms with E-state index in [1.165, 1.54) is 11.0 Å². The molecule has 0 spiro atoms. The summed E-state index contributed by atoms with van der Waals surface area (Å²) in [6.45, 7) is 0.237. The lowest BCUT2D eigenvalue weighted by Gasteiger charge is -2.02. The summed E-state index contributed by atoms with van der Waals surface area (Å²) in [5, 5.41) is 6.23. The Morgan fingerprint density at radius 3 is 2.80 bits per heavy atom. The van der Waals surface area contributed by atoms with Crippen LogP contribution in [0.3, 0.4) is 0 Å². The number of amides is 2. The van der Waals surface area contributed by atoms with Gasteiger partial charge in [0.25, 0.3) is 0 Å². The van der Waals surface area contributed by atoms with Crippen molar-refractivity contribution in [3.05, 3.63) is 6.33 Å². The van der Waals surface area contributed by atoms with Crippen LogP contribution in [0.1, 0.15) is 6.42 Å². The summed E-state index contributed by atoms with van der Waals surface area (Å²) in [6.07, 6.45) is 1.47. The molecule has 1 rings (SSSR count). The highest BCUT2D eigenvalue weighted by molar-refractivity contribution is 5.77. The Kier molecular flexibility index (Phi) is 3.61. The third kappa shape index (κ3) is 4.07. The summed E-state index contributed by atoms with van der Waals surface area (Å²) in [5.74, 6) is -0.624. The summed E-state index contributed by atoms with van der Waals surface area (Å²) < 4.78 is 1.30. The van der Waals surface area contributed by atoms with Crippen molar-refractivity contribution >= 4 is 17.8 Å². The van der Waals surface area contributed by atoms with Crippen LogP contribution in [-0.4, -0.2) is 33.1 Å². The Hall–Kier alpha value is -2.12. The Balaban J connectivity index is 2.27. The van der Waals surface area contributed by atoms with Crippen molar-refractivity contribution in [1.29, 1.82) is 0 Å². The molecule has 1 aromatic heterocycles. The van der Waals surface area contributed by atoms with E-state index in [0.717, 1.165) is 0 Å². The Labute approximate surface area is 85.6 Å². The second-order valence-corrected chi connectivity index (χ2v) is 2.87. The largest absolute Gasteiger partial charge is 0.370 e. The Morgan fingerprint density at radius 1 is 1.53 bits per heavy atom. The minimum atomic E-state index is -0.458. The van der Waals surface area contributed by atoms with Gasteiger partial charge in [0.05, 0.1) is 0 Å². The Bertz CT molecular complexity index is 360. The van der Waals surface area contributed by atoms with Crippen LogP contribution in [0.5, 0.6) is 0 Å². The number of nitrogens with zero attached hydrogens (tertiary/aromatic N) is 3. The lowest BCUT2D eigenvalue weighted by atomic mass is 10.4. The monoisotopic (exact) mass is 212 g/mol. The van der Waals surface area contributed by atoms with E-state index in [2.05, 4.69) is 15.4 Å². The quantitative estimate of drug-likeness (QED) is 0.512. The van der Waals surface area contributed by atoms with E-state index < -0.39 is 5.91 Å². The molecule has 0 radical (unpaired) electrons. The minimum absolute atomic E-state index is 0.0168. The summed E-state index contributed by atoms with van der Waals surface area (Å²) in [6, 6.07) is 0. The van der Waals surface area contributed by atoms with Crippen LogP contribution in [0.4, 0.5) is 5.95 Å². The first-order chi connectivity index (χ1) is 7.08. The van der Waals surface area contributed by atoms with Gasteiger partial charge in [-0.15, -0.1) is 5.10 Å². The highest BCUT2D eigenvalue weighted by Crippen LogP contribution is 1.88. The van der Waals surface area contributed by atoms with Gasteiger partial charge in [-0.3, -0.25) is 9.59 Å². The van der Waals surface area contributed by atoms with E-state index in [1.54, 1.807) is 0 Å². The first-order valence-corrected chi connectivity index (χ1v) is 4.28. The molecule has 0 aliphatic carbocycles. The van der Waals surface area contributed by atoms with Crippen LogP contribution in [-0.2, 0) is 16.1 Å². The summed E-state index contributed by atoms with van der Waals surface area (Å²) in [5.41, 5.74) is 10.2. The summed E-state index contributed by atoms with van der Waals surface area (Å²) in [7, 11) is 0. The molecule has 0 aromatic carbocycles. The fourth-order valence-electron chi connectivity index (χ4n) is 0.913. The summed E-state index contributed by atoms with van der Waals surface area (Å²) in [4.78, 5) is 25.2. The van der Waals surface area contributed by atoms with Crippen molar-refractivity contribution in [1.82, 2.24) is 20.1 Å². The number of carbonyl (C=O) groups is 2. The zero-order valence-electron chi connectivity index (χ0n) is 8.01. The molecule has 0 unspecified atom stereocenters. The van der Waals surface area contributed by atoms with Gasteiger partial charge in [0.1, 0.15) is 12.9 Å². The van der Waals surface area contributed by atoms with Crippen molar-refractivity contribution in [2.24, 2.45) is 5.73 Å². The molecule has 5 N–H and O–H groups in total. The van der Waals surface area contributed by atoms with Crippen LogP contribution in [0.25, 0.3) is 0 Å². The molecule has 1 heterocycles. The number of carbonyl (C=O) groups excluding carboxylic acids is 2. The van der Waals surface area contributed by atoms with Gasteiger partial charge < -0.3 is 16.8 Å². The zero-order chi connectivity index (χ0) is 11.3. The number of nitrogens with one attached hydrogen (secondary N) is 1. The molecule has 8 nitrogen and oxygen atoms in total. The smallest absolute Gasteiger partial charge is 0.241 e. The van der Waals surface area contributed by atoms with E-state index in [1.807, 2.05) is 0 Å². The normalized spacial score (nSPS) is 9.87. The SMILES string of the molecule is NC(=O)CCNC(=O)Cn1cnc(N)n1. The number of primary amides is 1. The second kappa shape index (κ2) is 4.94. The van der Waals surface area contributed by atoms with E-state index in [9.17, 15) is 9.59 Å². The molecular weight excluding hydrogens is 200 g/mol. The molecule has 0 aliphatic heterocycles. The van der Waals surface area contributed by atoms with Crippen LogP contribution < -0.4 is 16.8 Å². The van der Waals surface area contributed by atoms with E-state index >= 15 is 0 Å². The van der Waals surface area contributed by atoms with Gasteiger partial charge >= 0.3 is 0 Å². The molecule has 15 heavy (non-hydrogen) atoms. The molecule has 0 bridgehead atoms. The first kappa shape index (κ1) is 11.0. The highest BCUT2D eigenvalue weighted by Gasteiger charge is 2.04. The average molecular weight is 212 g/mol. The third-order valence-corrected chi connectivity index (χ3v) is 1.55. The Morgan fingerprint density at radius 2 is 2.27 bits per heavy atom. The molecule has 0 fully saturated rings. The van der Waals surface area contributed by atoms with E-state index in [-0.39, 0.29) is 31.4 Å². The van der Waals surface area contributed by atoms with Crippen LogP contribution in [0.15, 0.2) is 6.33 Å². The van der Waals surface area contributed by atoms with Crippen molar-refractivity contribution in [2.75, 3.05) is 12.3 Å². The summed E-state index contributed by atoms with van der Waals surface area (Å²) >= 11 is 0. The van der Waals surface area contributed by atoms with Gasteiger partial charge in [-0.2, -0.15) is 0 Å². The number of nitrogens with two attached hydrogens (primary N) is 2. The fraction of sp³-hybridized carbons (Fsp3) is 0.429. The molecule has 0 aliphatic rings. The van der Waals surface area contributed by atoms with Crippen LogP contribution in [0, 0.1) is 0 Å². The van der Waals surface area contributed by atoms with Crippen LogP contribution >= 0.6 is 0 Å². The van der Waals surface area contributed by atoms with Gasteiger partial charge in [0.2, 0.25) is 17.8 Å². The standard InChI is InChI=1S/C7H12N6O2/c8-5(14)1-2-10-6(15)3-13-4-11-7(9)12-13/h4H,1-3H2,(H2,8,14)(H2,9,12)(H,10,15). The third-order valence-electron chi connectivity index (χ3n) is 1.55. The van der Waals surface area contributed by atoms with E-state index in [0.29, 0.717) is 0 Å². The number of hydrogen-bond donors (Lipinski definition) is 3. The maximum Gasteiger partial charge on any atom is 0.241 e. The average Bonchev–Trinajstić information content (AvgIpc) is 2.50. The van der Waals surface area contributed by atoms with Crippen molar-refractivity contribution < 1.29 is 9.59 Å². The maximum absolute atomic E-state index is 11.2. The number of anilines is 1. The number of hydrogen-bond acceptors (Lipinski definition) is 5. The van der Waals surface area contributed by atoms with E-state index in [4.69, 9.17) is 11.5 Å². The van der Waals surface area contributed by atoms with Crippen LogP contribution in [0.2, 0.25) is 0 Å².